The number of alkyl halides is 3. The van der Waals surface area contributed by atoms with Crippen LogP contribution in [0.1, 0.15) is 34.5 Å². The fourth-order valence-corrected chi connectivity index (χ4v) is 3.48. The number of nitrogen functional groups attached to an aromatic ring is 1. The Morgan fingerprint density at radius 2 is 1.79 bits per heavy atom. The van der Waals surface area contributed by atoms with Gasteiger partial charge in [-0.05, 0) is 66.9 Å². The summed E-state index contributed by atoms with van der Waals surface area (Å²) >= 11 is 0. The molecule has 0 saturated carbocycles. The van der Waals surface area contributed by atoms with Crippen LogP contribution in [-0.2, 0) is 6.18 Å². The molecule has 0 aliphatic rings. The molecule has 5 nitrogen and oxygen atoms in total. The van der Waals surface area contributed by atoms with Crippen molar-refractivity contribution in [1.82, 2.24) is 10.3 Å². The van der Waals surface area contributed by atoms with Crippen molar-refractivity contribution in [3.63, 3.8) is 0 Å². The minimum atomic E-state index is -4.41. The molecule has 0 aliphatic carbocycles. The molecular weight excluding hydrogens is 431 g/mol. The Labute approximate surface area is 188 Å². The van der Waals surface area contributed by atoms with E-state index in [1.807, 2.05) is 13.0 Å². The number of hydrogen-bond acceptors (Lipinski definition) is 4. The van der Waals surface area contributed by atoms with Gasteiger partial charge < -0.3 is 15.8 Å². The van der Waals surface area contributed by atoms with Crippen LogP contribution in [0.5, 0.6) is 11.5 Å². The Balaban J connectivity index is 1.54. The van der Waals surface area contributed by atoms with Gasteiger partial charge in [0, 0.05) is 22.7 Å². The van der Waals surface area contributed by atoms with Crippen molar-refractivity contribution in [1.29, 1.82) is 0 Å². The van der Waals surface area contributed by atoms with Gasteiger partial charge in [0.05, 0.1) is 11.6 Å². The summed E-state index contributed by atoms with van der Waals surface area (Å²) in [6.07, 6.45) is -2.82. The number of ether oxygens (including phenoxy) is 1. The Kier molecular flexibility index (Phi) is 5.91. The van der Waals surface area contributed by atoms with Crippen molar-refractivity contribution in [3.8, 4) is 11.5 Å². The number of anilines is 1. The highest BCUT2D eigenvalue weighted by Gasteiger charge is 2.30. The number of rotatable bonds is 5. The second kappa shape index (κ2) is 8.82. The fourth-order valence-electron chi connectivity index (χ4n) is 3.48. The van der Waals surface area contributed by atoms with Gasteiger partial charge in [-0.2, -0.15) is 13.2 Å². The van der Waals surface area contributed by atoms with Crippen molar-refractivity contribution in [3.05, 3.63) is 95.7 Å². The average molecular weight is 451 g/mol. The van der Waals surface area contributed by atoms with Crippen molar-refractivity contribution < 1.29 is 22.7 Å². The van der Waals surface area contributed by atoms with E-state index in [4.69, 9.17) is 10.5 Å². The molecule has 8 heteroatoms. The van der Waals surface area contributed by atoms with Crippen LogP contribution >= 0.6 is 0 Å². The quantitative estimate of drug-likeness (QED) is 0.383. The number of halogens is 3. The lowest BCUT2D eigenvalue weighted by atomic mass is 10.0. The molecule has 3 N–H and O–H groups in total. The second-order valence-corrected chi connectivity index (χ2v) is 7.49. The molecule has 0 bridgehead atoms. The number of nitrogens with two attached hydrogens (primary N) is 1. The highest BCUT2D eigenvalue weighted by atomic mass is 19.4. The van der Waals surface area contributed by atoms with Crippen LogP contribution in [0.4, 0.5) is 19.0 Å². The van der Waals surface area contributed by atoms with Crippen molar-refractivity contribution in [2.24, 2.45) is 0 Å². The summed E-state index contributed by atoms with van der Waals surface area (Å²) in [6, 6.07) is 18.1. The van der Waals surface area contributed by atoms with Crippen molar-refractivity contribution in [2.75, 3.05) is 5.73 Å². The lowest BCUT2D eigenvalue weighted by Crippen LogP contribution is -2.27. The lowest BCUT2D eigenvalue weighted by molar-refractivity contribution is -0.137. The minimum Gasteiger partial charge on any atom is -0.457 e. The molecule has 0 spiro atoms. The molecule has 0 unspecified atom stereocenters. The predicted molar refractivity (Wildman–Crippen MR) is 120 cm³/mol. The second-order valence-electron chi connectivity index (χ2n) is 7.49. The number of pyridine rings is 1. The van der Waals surface area contributed by atoms with E-state index in [0.717, 1.165) is 28.5 Å². The average Bonchev–Trinajstić information content (AvgIpc) is 2.79. The number of aromatic nitrogens is 1. The number of carbonyl (C=O) groups excluding carboxylic acids is 1. The molecule has 1 atom stereocenters. The monoisotopic (exact) mass is 451 g/mol. The zero-order valence-corrected chi connectivity index (χ0v) is 17.6. The maximum absolute atomic E-state index is 12.8. The van der Waals surface area contributed by atoms with Gasteiger partial charge in [0.2, 0.25) is 0 Å². The number of amides is 1. The number of benzene rings is 3. The first-order chi connectivity index (χ1) is 15.7. The van der Waals surface area contributed by atoms with Gasteiger partial charge in [0.15, 0.2) is 0 Å². The molecule has 168 valence electrons. The number of carbonyl (C=O) groups is 1. The number of hydrogen-bond donors (Lipinski definition) is 2. The Bertz CT molecular complexity index is 1300. The van der Waals surface area contributed by atoms with E-state index in [1.54, 1.807) is 48.7 Å². The number of fused-ring (bicyclic) bond motifs is 1. The van der Waals surface area contributed by atoms with E-state index < -0.39 is 11.7 Å². The number of nitrogens with one attached hydrogen (secondary N) is 1. The molecule has 3 aromatic carbocycles. The van der Waals surface area contributed by atoms with E-state index >= 15 is 0 Å². The molecule has 0 saturated heterocycles. The van der Waals surface area contributed by atoms with E-state index in [1.165, 1.54) is 12.1 Å². The van der Waals surface area contributed by atoms with Crippen LogP contribution < -0.4 is 15.8 Å². The normalized spacial score (nSPS) is 12.4. The molecular formula is C25H20F3N3O2. The van der Waals surface area contributed by atoms with Crippen molar-refractivity contribution in [2.45, 2.75) is 19.1 Å². The van der Waals surface area contributed by atoms with Crippen molar-refractivity contribution >= 4 is 22.5 Å². The van der Waals surface area contributed by atoms with Gasteiger partial charge >= 0.3 is 6.18 Å². The standard InChI is InChI=1S/C25H20F3N3O2/c1-15(20-5-3-13-30-23(20)29)31-24(32)17-7-12-21-16(14-17)4-2-6-22(21)33-19-10-8-18(9-11-19)25(26,27)28/h2-15H,1H3,(H2,29,30)(H,31,32)/t15-/m0/s1. The Morgan fingerprint density at radius 3 is 2.48 bits per heavy atom. The van der Waals surface area contributed by atoms with Crippen LogP contribution in [0.3, 0.4) is 0 Å². The summed E-state index contributed by atoms with van der Waals surface area (Å²) in [5, 5.41) is 4.38. The molecule has 1 amide bonds. The Morgan fingerprint density at radius 1 is 1.03 bits per heavy atom. The third-order valence-corrected chi connectivity index (χ3v) is 5.20. The van der Waals surface area contributed by atoms with Gasteiger partial charge in [0.1, 0.15) is 17.3 Å². The highest BCUT2D eigenvalue weighted by molar-refractivity contribution is 6.00. The van der Waals surface area contributed by atoms with Crippen LogP contribution in [-0.4, -0.2) is 10.9 Å². The smallest absolute Gasteiger partial charge is 0.416 e. The van der Waals surface area contributed by atoms with E-state index in [0.29, 0.717) is 17.1 Å². The summed E-state index contributed by atoms with van der Waals surface area (Å²) in [6.45, 7) is 1.82. The van der Waals surface area contributed by atoms with Crippen LogP contribution in [0.15, 0.2) is 79.0 Å². The molecule has 4 aromatic rings. The molecule has 1 heterocycles. The lowest BCUT2D eigenvalue weighted by Gasteiger charge is -2.16. The summed E-state index contributed by atoms with van der Waals surface area (Å²) in [7, 11) is 0. The van der Waals surface area contributed by atoms with E-state index in [9.17, 15) is 18.0 Å². The largest absolute Gasteiger partial charge is 0.457 e. The molecule has 0 fully saturated rings. The molecule has 0 radical (unpaired) electrons. The third-order valence-electron chi connectivity index (χ3n) is 5.20. The van der Waals surface area contributed by atoms with Gasteiger partial charge in [-0.15, -0.1) is 0 Å². The number of nitrogens with zero attached hydrogens (tertiary/aromatic N) is 1. The maximum atomic E-state index is 12.8. The van der Waals surface area contributed by atoms with Crippen LogP contribution in [0.2, 0.25) is 0 Å². The zero-order valence-electron chi connectivity index (χ0n) is 17.6. The summed E-state index contributed by atoms with van der Waals surface area (Å²) in [4.78, 5) is 16.8. The molecule has 1 aromatic heterocycles. The minimum absolute atomic E-state index is 0.276. The first-order valence-electron chi connectivity index (χ1n) is 10.1. The highest BCUT2D eigenvalue weighted by Crippen LogP contribution is 2.34. The molecule has 33 heavy (non-hydrogen) atoms. The molecule has 0 aliphatic heterocycles. The van der Waals surface area contributed by atoms with Gasteiger partial charge in [-0.25, -0.2) is 4.98 Å². The van der Waals surface area contributed by atoms with Gasteiger partial charge in [0.25, 0.3) is 5.91 Å². The first kappa shape index (κ1) is 22.1. The summed E-state index contributed by atoms with van der Waals surface area (Å²) < 4.78 is 44.1. The Hall–Kier alpha value is -4.07. The van der Waals surface area contributed by atoms with Crippen LogP contribution in [0.25, 0.3) is 10.8 Å². The van der Waals surface area contributed by atoms with Crippen LogP contribution in [0, 0.1) is 0 Å². The zero-order chi connectivity index (χ0) is 23.6. The third kappa shape index (κ3) is 4.90. The first-order valence-corrected chi connectivity index (χ1v) is 10.1. The summed E-state index contributed by atoms with van der Waals surface area (Å²) in [5.74, 6) is 0.825. The van der Waals surface area contributed by atoms with E-state index in [-0.39, 0.29) is 17.7 Å². The maximum Gasteiger partial charge on any atom is 0.416 e. The van der Waals surface area contributed by atoms with E-state index in [2.05, 4.69) is 10.3 Å². The SMILES string of the molecule is C[C@H](NC(=O)c1ccc2c(Oc3ccc(C(F)(F)F)cc3)cccc2c1)c1cccnc1N. The topological polar surface area (TPSA) is 77.2 Å². The fraction of sp³-hybridized carbons (Fsp3) is 0.120. The van der Waals surface area contributed by atoms with Gasteiger partial charge in [-0.3, -0.25) is 4.79 Å². The molecule has 4 rings (SSSR count). The predicted octanol–water partition coefficient (Wildman–Crippen LogP) is 6.12. The summed E-state index contributed by atoms with van der Waals surface area (Å²) in [5.41, 5.74) is 6.31. The van der Waals surface area contributed by atoms with Gasteiger partial charge in [-0.1, -0.05) is 18.2 Å².